The number of anilines is 1. The number of nitrogens with one attached hydrogen (secondary N) is 1. The minimum atomic E-state index is -0.919. The van der Waals surface area contributed by atoms with Crippen LogP contribution in [0.15, 0.2) is 48.5 Å². The lowest BCUT2D eigenvalue weighted by Gasteiger charge is -2.24. The number of fused-ring (bicyclic) bond motifs is 1. The Labute approximate surface area is 206 Å². The molecule has 4 rings (SSSR count). The quantitative estimate of drug-likeness (QED) is 0.426. The summed E-state index contributed by atoms with van der Waals surface area (Å²) in [6.45, 7) is 4.46. The third kappa shape index (κ3) is 4.71. The Hall–Kier alpha value is -3.17. The number of imide groups is 1. The van der Waals surface area contributed by atoms with Gasteiger partial charge < -0.3 is 10.1 Å². The van der Waals surface area contributed by atoms with Crippen molar-refractivity contribution in [2.24, 2.45) is 0 Å². The zero-order chi connectivity index (χ0) is 24.2. The normalized spacial score (nSPS) is 13.7. The Kier molecular flexibility index (Phi) is 7.33. The number of carbonyl (C=O) groups is 3. The highest BCUT2D eigenvalue weighted by molar-refractivity contribution is 7.98. The first-order valence-corrected chi connectivity index (χ1v) is 13.1. The summed E-state index contributed by atoms with van der Waals surface area (Å²) < 4.78 is 5.50. The zero-order valence-corrected chi connectivity index (χ0v) is 20.8. The Morgan fingerprint density at radius 3 is 2.35 bits per heavy atom. The monoisotopic (exact) mass is 495 g/mol. The first-order chi connectivity index (χ1) is 16.4. The van der Waals surface area contributed by atoms with Gasteiger partial charge in [0.15, 0.2) is 5.13 Å². The van der Waals surface area contributed by atoms with E-state index in [2.05, 4.69) is 10.3 Å². The number of thioether (sulfide) groups is 1. The molecule has 0 aliphatic carbocycles. The van der Waals surface area contributed by atoms with Crippen LogP contribution in [0.25, 0.3) is 11.3 Å². The maximum atomic E-state index is 13.3. The van der Waals surface area contributed by atoms with Gasteiger partial charge in [-0.3, -0.25) is 19.3 Å². The van der Waals surface area contributed by atoms with Crippen LogP contribution in [0.4, 0.5) is 5.13 Å². The molecule has 0 unspecified atom stereocenters. The number of hydrogen-bond donors (Lipinski definition) is 1. The highest BCUT2D eigenvalue weighted by atomic mass is 32.2. The maximum absolute atomic E-state index is 13.3. The lowest BCUT2D eigenvalue weighted by molar-refractivity contribution is -0.120. The average Bonchev–Trinajstić information content (AvgIpc) is 3.32. The Morgan fingerprint density at radius 2 is 1.76 bits per heavy atom. The van der Waals surface area contributed by atoms with Gasteiger partial charge in [-0.1, -0.05) is 12.1 Å². The Morgan fingerprint density at radius 1 is 1.12 bits per heavy atom. The van der Waals surface area contributed by atoms with Crippen molar-refractivity contribution in [1.29, 1.82) is 0 Å². The molecule has 1 aliphatic heterocycles. The van der Waals surface area contributed by atoms with Gasteiger partial charge in [0.1, 0.15) is 11.8 Å². The van der Waals surface area contributed by atoms with E-state index < -0.39 is 23.8 Å². The van der Waals surface area contributed by atoms with Crippen LogP contribution in [0, 0.1) is 6.92 Å². The van der Waals surface area contributed by atoms with Gasteiger partial charge in [-0.05, 0) is 68.7 Å². The summed E-state index contributed by atoms with van der Waals surface area (Å²) in [5, 5.41) is 3.27. The molecule has 0 spiro atoms. The molecule has 1 atom stereocenters. The van der Waals surface area contributed by atoms with E-state index in [0.29, 0.717) is 35.0 Å². The van der Waals surface area contributed by atoms with Gasteiger partial charge in [-0.15, -0.1) is 11.3 Å². The molecule has 3 aromatic rings. The summed E-state index contributed by atoms with van der Waals surface area (Å²) in [5.41, 5.74) is 2.34. The predicted octanol–water partition coefficient (Wildman–Crippen LogP) is 4.87. The standard InChI is InChI=1S/C25H25N3O4S2/c1-4-32-17-11-9-16(10-12-17)21-15(2)34-25(26-21)27-22(29)20(13-14-33-3)28-23(30)18-7-5-6-8-19(18)24(28)31/h5-12,20H,4,13-14H2,1-3H3,(H,26,27,29)/t20-/m1/s1. The summed E-state index contributed by atoms with van der Waals surface area (Å²) in [6, 6.07) is 13.4. The average molecular weight is 496 g/mol. The van der Waals surface area contributed by atoms with E-state index >= 15 is 0 Å². The number of ether oxygens (including phenoxy) is 1. The molecule has 1 N–H and O–H groups in total. The van der Waals surface area contributed by atoms with E-state index in [4.69, 9.17) is 4.74 Å². The predicted molar refractivity (Wildman–Crippen MR) is 136 cm³/mol. The van der Waals surface area contributed by atoms with Gasteiger partial charge in [0.05, 0.1) is 23.4 Å². The molecule has 34 heavy (non-hydrogen) atoms. The molecular formula is C25H25N3O4S2. The zero-order valence-electron chi connectivity index (χ0n) is 19.2. The smallest absolute Gasteiger partial charge is 0.262 e. The number of benzene rings is 2. The van der Waals surface area contributed by atoms with Gasteiger partial charge in [-0.2, -0.15) is 11.8 Å². The number of hydrogen-bond acceptors (Lipinski definition) is 7. The van der Waals surface area contributed by atoms with E-state index in [1.807, 2.05) is 44.4 Å². The molecule has 7 nitrogen and oxygen atoms in total. The molecule has 0 fully saturated rings. The fraction of sp³-hybridized carbons (Fsp3) is 0.280. The minimum Gasteiger partial charge on any atom is -0.494 e. The number of amides is 3. The van der Waals surface area contributed by atoms with Crippen molar-refractivity contribution in [3.63, 3.8) is 0 Å². The van der Waals surface area contributed by atoms with Crippen LogP contribution in [0.2, 0.25) is 0 Å². The minimum absolute atomic E-state index is 0.331. The van der Waals surface area contributed by atoms with Gasteiger partial charge in [-0.25, -0.2) is 4.98 Å². The van der Waals surface area contributed by atoms with E-state index in [0.717, 1.165) is 26.8 Å². The van der Waals surface area contributed by atoms with E-state index in [1.54, 1.807) is 36.0 Å². The number of aromatic nitrogens is 1. The number of rotatable bonds is 9. The van der Waals surface area contributed by atoms with Crippen LogP contribution in [0.1, 0.15) is 38.9 Å². The number of carbonyl (C=O) groups excluding carboxylic acids is 3. The maximum Gasteiger partial charge on any atom is 0.262 e. The van der Waals surface area contributed by atoms with Gasteiger partial charge in [0, 0.05) is 10.4 Å². The van der Waals surface area contributed by atoms with Gasteiger partial charge in [0.25, 0.3) is 11.8 Å². The second-order valence-electron chi connectivity index (χ2n) is 7.69. The molecule has 2 heterocycles. The lowest BCUT2D eigenvalue weighted by Crippen LogP contribution is -2.47. The third-order valence-corrected chi connectivity index (χ3v) is 7.03. The molecule has 2 aromatic carbocycles. The fourth-order valence-electron chi connectivity index (χ4n) is 3.88. The second-order valence-corrected chi connectivity index (χ2v) is 9.88. The number of aryl methyl sites for hydroxylation is 1. The van der Waals surface area contributed by atoms with E-state index in [1.165, 1.54) is 11.3 Å². The van der Waals surface area contributed by atoms with Crippen molar-refractivity contribution in [3.05, 3.63) is 64.5 Å². The van der Waals surface area contributed by atoms with Crippen molar-refractivity contribution in [3.8, 4) is 17.0 Å². The first kappa shape index (κ1) is 24.0. The molecule has 1 aromatic heterocycles. The van der Waals surface area contributed by atoms with Crippen LogP contribution >= 0.6 is 23.1 Å². The highest BCUT2D eigenvalue weighted by Crippen LogP contribution is 2.32. The highest BCUT2D eigenvalue weighted by Gasteiger charge is 2.42. The fourth-order valence-corrected chi connectivity index (χ4v) is 5.18. The Balaban J connectivity index is 1.56. The van der Waals surface area contributed by atoms with Crippen LogP contribution in [-0.2, 0) is 4.79 Å². The number of nitrogens with zero attached hydrogens (tertiary/aromatic N) is 2. The van der Waals surface area contributed by atoms with Crippen LogP contribution in [-0.4, -0.2) is 52.3 Å². The largest absolute Gasteiger partial charge is 0.494 e. The van der Waals surface area contributed by atoms with Gasteiger partial charge in [0.2, 0.25) is 5.91 Å². The third-order valence-electron chi connectivity index (χ3n) is 5.50. The molecule has 9 heteroatoms. The van der Waals surface area contributed by atoms with Crippen LogP contribution < -0.4 is 10.1 Å². The molecule has 0 radical (unpaired) electrons. The van der Waals surface area contributed by atoms with Crippen LogP contribution in [0.3, 0.4) is 0 Å². The topological polar surface area (TPSA) is 88.6 Å². The van der Waals surface area contributed by atoms with Crippen molar-refractivity contribution < 1.29 is 19.1 Å². The van der Waals surface area contributed by atoms with E-state index in [9.17, 15) is 14.4 Å². The SMILES string of the molecule is CCOc1ccc(-c2nc(NC(=O)[C@@H](CCSC)N3C(=O)c4ccccc4C3=O)sc2C)cc1. The Bertz CT molecular complexity index is 1190. The summed E-state index contributed by atoms with van der Waals surface area (Å²) in [4.78, 5) is 45.9. The molecular weight excluding hydrogens is 470 g/mol. The van der Waals surface area contributed by atoms with E-state index in [-0.39, 0.29) is 0 Å². The van der Waals surface area contributed by atoms with Crippen molar-refractivity contribution in [2.75, 3.05) is 23.9 Å². The molecule has 0 bridgehead atoms. The first-order valence-electron chi connectivity index (χ1n) is 10.9. The summed E-state index contributed by atoms with van der Waals surface area (Å²) in [6.07, 6.45) is 2.28. The molecule has 176 valence electrons. The molecule has 1 aliphatic rings. The van der Waals surface area contributed by atoms with Crippen molar-refractivity contribution in [2.45, 2.75) is 26.3 Å². The van der Waals surface area contributed by atoms with Crippen LogP contribution in [0.5, 0.6) is 5.75 Å². The lowest BCUT2D eigenvalue weighted by atomic mass is 10.1. The number of thiazole rings is 1. The summed E-state index contributed by atoms with van der Waals surface area (Å²) in [5.74, 6) is 0.111. The molecule has 3 amide bonds. The van der Waals surface area contributed by atoms with Crippen molar-refractivity contribution in [1.82, 2.24) is 9.88 Å². The second kappa shape index (κ2) is 10.4. The molecule has 0 saturated heterocycles. The summed E-state index contributed by atoms with van der Waals surface area (Å²) in [7, 11) is 0. The van der Waals surface area contributed by atoms with Crippen molar-refractivity contribution >= 4 is 46.0 Å². The summed E-state index contributed by atoms with van der Waals surface area (Å²) >= 11 is 2.91. The van der Waals surface area contributed by atoms with Gasteiger partial charge >= 0.3 is 0 Å². The molecule has 0 saturated carbocycles.